The van der Waals surface area contributed by atoms with Gasteiger partial charge in [-0.25, -0.2) is 0 Å². The van der Waals surface area contributed by atoms with E-state index < -0.39 is 0 Å². The number of nitrogens with zero attached hydrogens (tertiary/aromatic N) is 1. The molecule has 86 valence electrons. The maximum atomic E-state index is 2.38. The van der Waals surface area contributed by atoms with Gasteiger partial charge in [0.2, 0.25) is 0 Å². The van der Waals surface area contributed by atoms with Crippen molar-refractivity contribution >= 4 is 0 Å². The maximum absolute atomic E-state index is 2.38. The average molecular weight is 200 g/mol. The highest BCUT2D eigenvalue weighted by Gasteiger charge is 2.19. The van der Waals surface area contributed by atoms with Gasteiger partial charge < -0.3 is 4.48 Å². The Morgan fingerprint density at radius 3 is 2.07 bits per heavy atom. The van der Waals surface area contributed by atoms with Gasteiger partial charge in [0.05, 0.1) is 27.2 Å². The van der Waals surface area contributed by atoms with E-state index in [4.69, 9.17) is 0 Å². The summed E-state index contributed by atoms with van der Waals surface area (Å²) in [6.45, 7) is 9.62. The van der Waals surface area contributed by atoms with Gasteiger partial charge in [-0.05, 0) is 19.3 Å². The first-order chi connectivity index (χ1) is 6.55. The summed E-state index contributed by atoms with van der Waals surface area (Å²) in [4.78, 5) is 0. The summed E-state index contributed by atoms with van der Waals surface area (Å²) in [5.74, 6) is 0.937. The number of rotatable bonds is 8. The first-order valence-electron chi connectivity index (χ1n) is 6.37. The van der Waals surface area contributed by atoms with E-state index in [1.54, 1.807) is 0 Å². The second kappa shape index (κ2) is 7.28. The van der Waals surface area contributed by atoms with Gasteiger partial charge in [-0.1, -0.05) is 33.6 Å². The Bertz CT molecular complexity index is 129. The van der Waals surface area contributed by atoms with Gasteiger partial charge in [-0.2, -0.15) is 0 Å². The zero-order valence-corrected chi connectivity index (χ0v) is 11.0. The fraction of sp³-hybridized carbons (Fsp3) is 1.00. The smallest absolute Gasteiger partial charge is 0.0810 e. The van der Waals surface area contributed by atoms with Crippen molar-refractivity contribution in [1.82, 2.24) is 0 Å². The van der Waals surface area contributed by atoms with Crippen molar-refractivity contribution in [3.8, 4) is 0 Å². The summed E-state index contributed by atoms with van der Waals surface area (Å²) < 4.78 is 1.21. The molecule has 0 aromatic rings. The minimum Gasteiger partial charge on any atom is -0.328 e. The molecule has 0 N–H and O–H groups in total. The predicted molar refractivity (Wildman–Crippen MR) is 65.4 cm³/mol. The van der Waals surface area contributed by atoms with E-state index in [1.807, 2.05) is 0 Å². The molecule has 1 unspecified atom stereocenters. The van der Waals surface area contributed by atoms with Crippen LogP contribution in [0.3, 0.4) is 0 Å². The molecule has 0 saturated carbocycles. The van der Waals surface area contributed by atoms with E-state index in [2.05, 4.69) is 34.9 Å². The van der Waals surface area contributed by atoms with Crippen LogP contribution in [0.1, 0.15) is 52.9 Å². The lowest BCUT2D eigenvalue weighted by Crippen LogP contribution is -2.44. The zero-order valence-electron chi connectivity index (χ0n) is 11.0. The molecule has 0 radical (unpaired) electrons. The maximum Gasteiger partial charge on any atom is 0.0810 e. The Hall–Kier alpha value is -0.0400. The molecule has 1 atom stereocenters. The van der Waals surface area contributed by atoms with Gasteiger partial charge in [-0.3, -0.25) is 0 Å². The third-order valence-electron chi connectivity index (χ3n) is 3.14. The van der Waals surface area contributed by atoms with Crippen molar-refractivity contribution < 1.29 is 4.48 Å². The molecule has 0 aromatic carbocycles. The van der Waals surface area contributed by atoms with E-state index in [-0.39, 0.29) is 0 Å². The molecular formula is C13H30N+. The third-order valence-corrected chi connectivity index (χ3v) is 3.14. The summed E-state index contributed by atoms with van der Waals surface area (Å²) >= 11 is 0. The van der Waals surface area contributed by atoms with E-state index in [1.165, 1.54) is 49.7 Å². The van der Waals surface area contributed by atoms with Crippen molar-refractivity contribution in [3.05, 3.63) is 0 Å². The normalized spacial score (nSPS) is 14.4. The van der Waals surface area contributed by atoms with Crippen LogP contribution >= 0.6 is 0 Å². The lowest BCUT2D eigenvalue weighted by Gasteiger charge is -2.33. The summed E-state index contributed by atoms with van der Waals surface area (Å²) in [5, 5.41) is 0. The summed E-state index contributed by atoms with van der Waals surface area (Å²) in [5.41, 5.74) is 0. The Labute approximate surface area is 91.1 Å². The molecule has 0 aliphatic carbocycles. The fourth-order valence-electron chi connectivity index (χ4n) is 2.21. The Balaban J connectivity index is 3.89. The lowest BCUT2D eigenvalue weighted by atomic mass is 9.99. The van der Waals surface area contributed by atoms with Gasteiger partial charge in [0, 0.05) is 5.92 Å². The molecular weight excluding hydrogens is 170 g/mol. The molecule has 14 heavy (non-hydrogen) atoms. The lowest BCUT2D eigenvalue weighted by molar-refractivity contribution is -0.894. The number of unbranched alkanes of at least 4 members (excludes halogenated alkanes) is 1. The SMILES string of the molecule is CCCC[N+](C)(C)CC(CC)CCC. The van der Waals surface area contributed by atoms with E-state index in [9.17, 15) is 0 Å². The van der Waals surface area contributed by atoms with Crippen LogP contribution in [0.25, 0.3) is 0 Å². The Kier molecular flexibility index (Phi) is 7.26. The topological polar surface area (TPSA) is 0 Å². The molecule has 0 fully saturated rings. The number of hydrogen-bond acceptors (Lipinski definition) is 0. The van der Waals surface area contributed by atoms with Gasteiger partial charge in [0.25, 0.3) is 0 Å². The van der Waals surface area contributed by atoms with E-state index in [0.29, 0.717) is 0 Å². The molecule has 0 aliphatic heterocycles. The van der Waals surface area contributed by atoms with E-state index in [0.717, 1.165) is 5.92 Å². The molecule has 0 aliphatic rings. The van der Waals surface area contributed by atoms with Crippen LogP contribution < -0.4 is 0 Å². The zero-order chi connectivity index (χ0) is 11.0. The molecule has 0 spiro atoms. The average Bonchev–Trinajstić information content (AvgIpc) is 2.14. The molecule has 1 nitrogen and oxygen atoms in total. The minimum atomic E-state index is 0.937. The number of quaternary nitrogens is 1. The molecule has 0 saturated heterocycles. The molecule has 0 amide bonds. The molecule has 0 aromatic heterocycles. The van der Waals surface area contributed by atoms with Gasteiger partial charge in [0.1, 0.15) is 0 Å². The van der Waals surface area contributed by atoms with Crippen molar-refractivity contribution in [2.75, 3.05) is 27.2 Å². The standard InChI is InChI=1S/C13H30N/c1-6-9-11-14(4,5)12-13(8-3)10-7-2/h13H,6-12H2,1-5H3/q+1. The monoisotopic (exact) mass is 200 g/mol. The summed E-state index contributed by atoms with van der Waals surface area (Å²) in [6.07, 6.45) is 6.79. The molecule has 1 heteroatoms. The highest BCUT2D eigenvalue weighted by atomic mass is 15.3. The van der Waals surface area contributed by atoms with Crippen LogP contribution in [0.4, 0.5) is 0 Å². The first kappa shape index (κ1) is 14.0. The highest BCUT2D eigenvalue weighted by Crippen LogP contribution is 2.15. The van der Waals surface area contributed by atoms with Gasteiger partial charge in [-0.15, -0.1) is 0 Å². The quantitative estimate of drug-likeness (QED) is 0.524. The van der Waals surface area contributed by atoms with Gasteiger partial charge in [0.15, 0.2) is 0 Å². The molecule has 0 rings (SSSR count). The van der Waals surface area contributed by atoms with Crippen LogP contribution in [0.15, 0.2) is 0 Å². The fourth-order valence-corrected chi connectivity index (χ4v) is 2.21. The Morgan fingerprint density at radius 2 is 1.64 bits per heavy atom. The second-order valence-corrected chi connectivity index (χ2v) is 5.26. The molecule has 0 bridgehead atoms. The molecule has 0 heterocycles. The van der Waals surface area contributed by atoms with Crippen molar-refractivity contribution in [1.29, 1.82) is 0 Å². The summed E-state index contributed by atoms with van der Waals surface area (Å²) in [6, 6.07) is 0. The van der Waals surface area contributed by atoms with E-state index >= 15 is 0 Å². The van der Waals surface area contributed by atoms with Crippen LogP contribution in [0.5, 0.6) is 0 Å². The van der Waals surface area contributed by atoms with Crippen molar-refractivity contribution in [3.63, 3.8) is 0 Å². The van der Waals surface area contributed by atoms with Crippen LogP contribution in [0, 0.1) is 5.92 Å². The van der Waals surface area contributed by atoms with Crippen molar-refractivity contribution in [2.24, 2.45) is 5.92 Å². The Morgan fingerprint density at radius 1 is 1.00 bits per heavy atom. The summed E-state index contributed by atoms with van der Waals surface area (Å²) in [7, 11) is 4.77. The largest absolute Gasteiger partial charge is 0.328 e. The minimum absolute atomic E-state index is 0.937. The predicted octanol–water partition coefficient (Wildman–Crippen LogP) is 3.69. The third kappa shape index (κ3) is 6.42. The number of hydrogen-bond donors (Lipinski definition) is 0. The van der Waals surface area contributed by atoms with Crippen molar-refractivity contribution in [2.45, 2.75) is 52.9 Å². The van der Waals surface area contributed by atoms with Crippen LogP contribution in [-0.2, 0) is 0 Å². The van der Waals surface area contributed by atoms with Gasteiger partial charge >= 0.3 is 0 Å². The first-order valence-corrected chi connectivity index (χ1v) is 6.37. The van der Waals surface area contributed by atoms with Crippen LogP contribution in [0.2, 0.25) is 0 Å². The highest BCUT2D eigenvalue weighted by molar-refractivity contribution is 4.55. The second-order valence-electron chi connectivity index (χ2n) is 5.26. The van der Waals surface area contributed by atoms with Crippen LogP contribution in [-0.4, -0.2) is 31.7 Å².